The monoisotopic (exact) mass is 308 g/mol. The number of hydrogen-bond donors (Lipinski definition) is 2. The number of nitrogens with zero attached hydrogens (tertiary/aromatic N) is 2. The van der Waals surface area contributed by atoms with Gasteiger partial charge in [-0.15, -0.1) is 0 Å². The Hall–Kier alpha value is -1.86. The highest BCUT2D eigenvalue weighted by molar-refractivity contribution is 7.89. The molecule has 0 saturated carbocycles. The lowest BCUT2D eigenvalue weighted by atomic mass is 10.2. The van der Waals surface area contributed by atoms with Gasteiger partial charge in [0.1, 0.15) is 0 Å². The van der Waals surface area contributed by atoms with Gasteiger partial charge in [0.25, 0.3) is 0 Å². The topological polar surface area (TPSA) is 76.0 Å². The normalized spacial score (nSPS) is 11.6. The third-order valence-corrected chi connectivity index (χ3v) is 4.99. The van der Waals surface area contributed by atoms with E-state index < -0.39 is 10.0 Å². The first-order valence-electron chi connectivity index (χ1n) is 6.61. The van der Waals surface area contributed by atoms with E-state index in [0.717, 1.165) is 22.6 Å². The molecule has 0 saturated heterocycles. The fourth-order valence-corrected chi connectivity index (χ4v) is 2.86. The molecule has 0 atom stereocenters. The van der Waals surface area contributed by atoms with Crippen LogP contribution >= 0.6 is 0 Å². The molecule has 2 rings (SSSR count). The summed E-state index contributed by atoms with van der Waals surface area (Å²) < 4.78 is 27.4. The minimum Gasteiger partial charge on any atom is -0.381 e. The summed E-state index contributed by atoms with van der Waals surface area (Å²) in [6.45, 7) is 4.66. The molecule has 6 nitrogen and oxygen atoms in total. The van der Waals surface area contributed by atoms with Crippen LogP contribution in [0.1, 0.15) is 17.0 Å². The van der Waals surface area contributed by atoms with E-state index in [2.05, 4.69) is 15.1 Å². The number of sulfonamides is 1. The number of nitrogens with one attached hydrogen (secondary N) is 2. The van der Waals surface area contributed by atoms with Crippen LogP contribution in [0.4, 0.5) is 5.69 Å². The van der Waals surface area contributed by atoms with Crippen molar-refractivity contribution in [2.75, 3.05) is 12.4 Å². The Balaban J connectivity index is 2.11. The van der Waals surface area contributed by atoms with Crippen molar-refractivity contribution in [2.45, 2.75) is 25.3 Å². The lowest BCUT2D eigenvalue weighted by Gasteiger charge is -2.08. The Kier molecular flexibility index (Phi) is 4.34. The Morgan fingerprint density at radius 2 is 1.81 bits per heavy atom. The molecule has 1 aromatic carbocycles. The van der Waals surface area contributed by atoms with Crippen molar-refractivity contribution in [3.63, 3.8) is 0 Å². The van der Waals surface area contributed by atoms with Gasteiger partial charge in [-0.1, -0.05) is 0 Å². The quantitative estimate of drug-likeness (QED) is 0.879. The molecule has 7 heteroatoms. The van der Waals surface area contributed by atoms with Gasteiger partial charge in [0.05, 0.1) is 10.6 Å². The molecular formula is C14H20N4O2S. The summed E-state index contributed by atoms with van der Waals surface area (Å²) in [7, 11) is -0.0651. The summed E-state index contributed by atoms with van der Waals surface area (Å²) in [6, 6.07) is 6.67. The number of anilines is 1. The van der Waals surface area contributed by atoms with E-state index in [4.69, 9.17) is 0 Å². The minimum atomic E-state index is -3.38. The highest BCUT2D eigenvalue weighted by Gasteiger charge is 2.11. The molecule has 0 aliphatic rings. The van der Waals surface area contributed by atoms with Crippen LogP contribution < -0.4 is 10.0 Å². The summed E-state index contributed by atoms with van der Waals surface area (Å²) in [5.74, 6) is 0. The Bertz CT molecular complexity index is 733. The lowest BCUT2D eigenvalue weighted by molar-refractivity contribution is 0.588. The maximum Gasteiger partial charge on any atom is 0.240 e. The van der Waals surface area contributed by atoms with Crippen LogP contribution in [0.5, 0.6) is 0 Å². The summed E-state index contributed by atoms with van der Waals surface area (Å²) in [5, 5.41) is 7.65. The zero-order valence-corrected chi connectivity index (χ0v) is 13.5. The molecule has 0 aliphatic carbocycles. The Labute approximate surface area is 125 Å². The smallest absolute Gasteiger partial charge is 0.240 e. The van der Waals surface area contributed by atoms with E-state index in [0.29, 0.717) is 6.54 Å². The standard InChI is InChI=1S/C14H20N4O2S/c1-10-14(11(2)18(4)17-10)9-16-12-5-7-13(8-6-12)21(19,20)15-3/h5-8,15-16H,9H2,1-4H3. The Morgan fingerprint density at radius 1 is 1.19 bits per heavy atom. The van der Waals surface area contributed by atoms with Crippen LogP contribution in [0.3, 0.4) is 0 Å². The van der Waals surface area contributed by atoms with E-state index in [1.807, 2.05) is 25.6 Å². The van der Waals surface area contributed by atoms with Gasteiger partial charge >= 0.3 is 0 Å². The third kappa shape index (κ3) is 3.25. The van der Waals surface area contributed by atoms with Crippen molar-refractivity contribution in [3.8, 4) is 0 Å². The maximum absolute atomic E-state index is 11.6. The number of aryl methyl sites for hydroxylation is 2. The molecular weight excluding hydrogens is 288 g/mol. The van der Waals surface area contributed by atoms with Crippen molar-refractivity contribution in [1.29, 1.82) is 0 Å². The lowest BCUT2D eigenvalue weighted by Crippen LogP contribution is -2.18. The van der Waals surface area contributed by atoms with E-state index in [1.165, 1.54) is 7.05 Å². The van der Waals surface area contributed by atoms with Gasteiger partial charge in [-0.25, -0.2) is 13.1 Å². The second-order valence-electron chi connectivity index (χ2n) is 4.86. The summed E-state index contributed by atoms with van der Waals surface area (Å²) >= 11 is 0. The van der Waals surface area contributed by atoms with Gasteiger partial charge in [0, 0.05) is 30.5 Å². The molecule has 2 N–H and O–H groups in total. The second-order valence-corrected chi connectivity index (χ2v) is 6.74. The van der Waals surface area contributed by atoms with Crippen LogP contribution in [0.25, 0.3) is 0 Å². The predicted molar refractivity (Wildman–Crippen MR) is 82.7 cm³/mol. The first kappa shape index (κ1) is 15.5. The zero-order chi connectivity index (χ0) is 15.6. The SMILES string of the molecule is CNS(=O)(=O)c1ccc(NCc2c(C)nn(C)c2C)cc1. The summed E-state index contributed by atoms with van der Waals surface area (Å²) in [4.78, 5) is 0.254. The first-order chi connectivity index (χ1) is 9.85. The third-order valence-electron chi connectivity index (χ3n) is 3.56. The van der Waals surface area contributed by atoms with Crippen molar-refractivity contribution >= 4 is 15.7 Å². The molecule has 0 radical (unpaired) electrons. The van der Waals surface area contributed by atoms with Crippen molar-refractivity contribution in [3.05, 3.63) is 41.2 Å². The van der Waals surface area contributed by atoms with Crippen LogP contribution in [0.2, 0.25) is 0 Å². The van der Waals surface area contributed by atoms with Gasteiger partial charge in [-0.2, -0.15) is 5.10 Å². The van der Waals surface area contributed by atoms with Gasteiger partial charge in [-0.3, -0.25) is 4.68 Å². The first-order valence-corrected chi connectivity index (χ1v) is 8.10. The van der Waals surface area contributed by atoms with Crippen LogP contribution in [0, 0.1) is 13.8 Å². The van der Waals surface area contributed by atoms with Gasteiger partial charge < -0.3 is 5.32 Å². The molecule has 1 aromatic heterocycles. The Morgan fingerprint density at radius 3 is 2.29 bits per heavy atom. The molecule has 0 amide bonds. The van der Waals surface area contributed by atoms with Gasteiger partial charge in [-0.05, 0) is 45.2 Å². The average Bonchev–Trinajstić information content (AvgIpc) is 2.71. The fourth-order valence-electron chi connectivity index (χ4n) is 2.13. The minimum absolute atomic E-state index is 0.254. The number of aromatic nitrogens is 2. The van der Waals surface area contributed by atoms with Crippen LogP contribution in [-0.4, -0.2) is 25.2 Å². The fraction of sp³-hybridized carbons (Fsp3) is 0.357. The molecule has 2 aromatic rings. The molecule has 0 spiro atoms. The average molecular weight is 308 g/mol. The van der Waals surface area contributed by atoms with E-state index in [1.54, 1.807) is 24.3 Å². The summed E-state index contributed by atoms with van der Waals surface area (Å²) in [6.07, 6.45) is 0. The summed E-state index contributed by atoms with van der Waals surface area (Å²) in [5.41, 5.74) is 4.14. The predicted octanol–water partition coefficient (Wildman–Crippen LogP) is 1.56. The van der Waals surface area contributed by atoms with Crippen LogP contribution in [-0.2, 0) is 23.6 Å². The van der Waals surface area contributed by atoms with Crippen molar-refractivity contribution in [2.24, 2.45) is 7.05 Å². The number of hydrogen-bond acceptors (Lipinski definition) is 4. The molecule has 0 aliphatic heterocycles. The largest absolute Gasteiger partial charge is 0.381 e. The van der Waals surface area contributed by atoms with Gasteiger partial charge in [0.2, 0.25) is 10.0 Å². The highest BCUT2D eigenvalue weighted by Crippen LogP contribution is 2.17. The van der Waals surface area contributed by atoms with Crippen molar-refractivity contribution in [1.82, 2.24) is 14.5 Å². The zero-order valence-electron chi connectivity index (χ0n) is 12.6. The number of benzene rings is 1. The van der Waals surface area contributed by atoms with E-state index in [-0.39, 0.29) is 4.90 Å². The number of rotatable bonds is 5. The molecule has 1 heterocycles. The van der Waals surface area contributed by atoms with E-state index >= 15 is 0 Å². The highest BCUT2D eigenvalue weighted by atomic mass is 32.2. The van der Waals surface area contributed by atoms with E-state index in [9.17, 15) is 8.42 Å². The molecule has 0 fully saturated rings. The molecule has 114 valence electrons. The van der Waals surface area contributed by atoms with Crippen LogP contribution in [0.15, 0.2) is 29.2 Å². The molecule has 0 unspecified atom stereocenters. The van der Waals surface area contributed by atoms with Gasteiger partial charge in [0.15, 0.2) is 0 Å². The molecule has 21 heavy (non-hydrogen) atoms. The molecule has 0 bridgehead atoms. The maximum atomic E-state index is 11.6. The van der Waals surface area contributed by atoms with Crippen molar-refractivity contribution < 1.29 is 8.42 Å². The second kappa shape index (κ2) is 5.87.